The molecule has 1 N–H and O–H groups in total. The summed E-state index contributed by atoms with van der Waals surface area (Å²) in [4.78, 5) is 25.6. The highest BCUT2D eigenvalue weighted by molar-refractivity contribution is 5.91. The van der Waals surface area contributed by atoms with Gasteiger partial charge in [0.15, 0.2) is 5.69 Å². The highest BCUT2D eigenvalue weighted by Crippen LogP contribution is 2.24. The summed E-state index contributed by atoms with van der Waals surface area (Å²) in [6, 6.07) is 12.1. The first-order valence-corrected chi connectivity index (χ1v) is 10.3. The van der Waals surface area contributed by atoms with E-state index < -0.39 is 0 Å². The van der Waals surface area contributed by atoms with Crippen LogP contribution in [-0.2, 0) is 13.1 Å². The zero-order valence-corrected chi connectivity index (χ0v) is 17.5. The minimum absolute atomic E-state index is 0.254. The summed E-state index contributed by atoms with van der Waals surface area (Å²) < 4.78 is 5.54. The SMILES string of the molecule is Cc1cccc(N2CCN(Cc3nc(C(=O)NCc4ccccn4)co3)CC2)c1C. The van der Waals surface area contributed by atoms with Gasteiger partial charge in [0.2, 0.25) is 5.89 Å². The number of carbonyl (C=O) groups excluding carboxylic acids is 1. The van der Waals surface area contributed by atoms with Crippen LogP contribution >= 0.6 is 0 Å². The van der Waals surface area contributed by atoms with Gasteiger partial charge in [-0.3, -0.25) is 14.7 Å². The van der Waals surface area contributed by atoms with Gasteiger partial charge in [-0.25, -0.2) is 4.98 Å². The van der Waals surface area contributed by atoms with Gasteiger partial charge in [0.1, 0.15) is 6.26 Å². The molecule has 0 radical (unpaired) electrons. The molecule has 1 aliphatic heterocycles. The van der Waals surface area contributed by atoms with Crippen molar-refractivity contribution in [3.8, 4) is 0 Å². The molecule has 30 heavy (non-hydrogen) atoms. The number of nitrogens with zero attached hydrogens (tertiary/aromatic N) is 4. The predicted octanol–water partition coefficient (Wildman–Crippen LogP) is 2.94. The maximum absolute atomic E-state index is 12.3. The van der Waals surface area contributed by atoms with Crippen molar-refractivity contribution in [1.29, 1.82) is 0 Å². The Morgan fingerprint density at radius 2 is 1.93 bits per heavy atom. The summed E-state index contributed by atoms with van der Waals surface area (Å²) in [5.41, 5.74) is 5.09. The maximum atomic E-state index is 12.3. The highest BCUT2D eigenvalue weighted by atomic mass is 16.3. The number of amides is 1. The summed E-state index contributed by atoms with van der Waals surface area (Å²) in [5.74, 6) is 0.313. The largest absolute Gasteiger partial charge is 0.447 e. The molecule has 0 unspecified atom stereocenters. The average Bonchev–Trinajstić information content (AvgIpc) is 3.24. The molecule has 0 aliphatic carbocycles. The van der Waals surface area contributed by atoms with Crippen LogP contribution < -0.4 is 10.2 Å². The zero-order valence-electron chi connectivity index (χ0n) is 17.5. The molecule has 7 heteroatoms. The Hall–Kier alpha value is -3.19. The molecule has 0 saturated carbocycles. The van der Waals surface area contributed by atoms with Crippen molar-refractivity contribution in [2.24, 2.45) is 0 Å². The fourth-order valence-electron chi connectivity index (χ4n) is 3.67. The third kappa shape index (κ3) is 4.68. The monoisotopic (exact) mass is 405 g/mol. The first-order valence-electron chi connectivity index (χ1n) is 10.3. The maximum Gasteiger partial charge on any atom is 0.273 e. The fraction of sp³-hybridized carbons (Fsp3) is 0.348. The number of hydrogen-bond acceptors (Lipinski definition) is 6. The highest BCUT2D eigenvalue weighted by Gasteiger charge is 2.21. The first kappa shape index (κ1) is 20.1. The molecule has 0 bridgehead atoms. The second-order valence-corrected chi connectivity index (χ2v) is 7.61. The first-order chi connectivity index (χ1) is 14.6. The number of piperazine rings is 1. The molecule has 7 nitrogen and oxygen atoms in total. The molecule has 2 aromatic heterocycles. The molecule has 0 atom stereocenters. The number of pyridine rings is 1. The molecule has 1 aliphatic rings. The number of rotatable bonds is 6. The molecule has 1 aromatic carbocycles. The summed E-state index contributed by atoms with van der Waals surface area (Å²) in [6.07, 6.45) is 3.13. The van der Waals surface area contributed by atoms with Crippen LogP contribution in [0.2, 0.25) is 0 Å². The van der Waals surface area contributed by atoms with E-state index in [-0.39, 0.29) is 5.91 Å². The quantitative estimate of drug-likeness (QED) is 0.680. The summed E-state index contributed by atoms with van der Waals surface area (Å²) in [6.45, 7) is 9.08. The molecule has 4 rings (SSSR count). The van der Waals surface area contributed by atoms with Crippen molar-refractivity contribution < 1.29 is 9.21 Å². The van der Waals surface area contributed by atoms with Crippen LogP contribution in [0, 0.1) is 13.8 Å². The van der Waals surface area contributed by atoms with Gasteiger partial charge in [-0.2, -0.15) is 0 Å². The number of aryl methyl sites for hydroxylation is 1. The second-order valence-electron chi connectivity index (χ2n) is 7.61. The minimum Gasteiger partial charge on any atom is -0.447 e. The predicted molar refractivity (Wildman–Crippen MR) is 115 cm³/mol. The summed E-state index contributed by atoms with van der Waals surface area (Å²) in [7, 11) is 0. The van der Waals surface area contributed by atoms with Gasteiger partial charge in [0.25, 0.3) is 5.91 Å². The Kier molecular flexibility index (Phi) is 6.09. The standard InChI is InChI=1S/C23H27N5O2/c1-17-6-5-8-21(18(17)2)28-12-10-27(11-13-28)15-22-26-20(16-30-22)23(29)25-14-19-7-3-4-9-24-19/h3-9,16H,10-15H2,1-2H3,(H,25,29). The number of nitrogens with one attached hydrogen (secondary N) is 1. The van der Waals surface area contributed by atoms with Crippen LogP contribution in [-0.4, -0.2) is 47.0 Å². The van der Waals surface area contributed by atoms with Gasteiger partial charge in [-0.15, -0.1) is 0 Å². The molecule has 0 spiro atoms. The van der Waals surface area contributed by atoms with E-state index >= 15 is 0 Å². The van der Waals surface area contributed by atoms with Crippen molar-refractivity contribution in [3.63, 3.8) is 0 Å². The Morgan fingerprint density at radius 3 is 2.70 bits per heavy atom. The molecule has 3 aromatic rings. The van der Waals surface area contributed by atoms with Crippen LogP contribution in [0.3, 0.4) is 0 Å². The van der Waals surface area contributed by atoms with Crippen LogP contribution in [0.5, 0.6) is 0 Å². The van der Waals surface area contributed by atoms with Gasteiger partial charge in [-0.05, 0) is 43.2 Å². The third-order valence-corrected chi connectivity index (χ3v) is 5.59. The van der Waals surface area contributed by atoms with Crippen LogP contribution in [0.15, 0.2) is 53.3 Å². The van der Waals surface area contributed by atoms with Crippen molar-refractivity contribution >= 4 is 11.6 Å². The third-order valence-electron chi connectivity index (χ3n) is 5.59. The lowest BCUT2D eigenvalue weighted by Gasteiger charge is -2.36. The van der Waals surface area contributed by atoms with Crippen molar-refractivity contribution in [3.05, 3.63) is 77.3 Å². The lowest BCUT2D eigenvalue weighted by Crippen LogP contribution is -2.46. The topological polar surface area (TPSA) is 74.5 Å². The molecule has 1 saturated heterocycles. The molecule has 1 amide bonds. The number of oxazole rings is 1. The van der Waals surface area contributed by atoms with Gasteiger partial charge in [0, 0.05) is 38.1 Å². The smallest absolute Gasteiger partial charge is 0.273 e. The number of hydrogen-bond donors (Lipinski definition) is 1. The normalized spacial score (nSPS) is 14.7. The molecule has 156 valence electrons. The fourth-order valence-corrected chi connectivity index (χ4v) is 3.67. The number of benzene rings is 1. The minimum atomic E-state index is -0.254. The van der Waals surface area contributed by atoms with E-state index in [4.69, 9.17) is 4.42 Å². The number of anilines is 1. The van der Waals surface area contributed by atoms with E-state index in [1.54, 1.807) is 6.20 Å². The van der Waals surface area contributed by atoms with Crippen LogP contribution in [0.25, 0.3) is 0 Å². The van der Waals surface area contributed by atoms with E-state index in [1.165, 1.54) is 23.1 Å². The van der Waals surface area contributed by atoms with E-state index in [2.05, 4.69) is 57.1 Å². The lowest BCUT2D eigenvalue weighted by molar-refractivity contribution is 0.0945. The van der Waals surface area contributed by atoms with E-state index in [9.17, 15) is 4.79 Å². The van der Waals surface area contributed by atoms with Gasteiger partial charge in [-0.1, -0.05) is 18.2 Å². The molecule has 1 fully saturated rings. The lowest BCUT2D eigenvalue weighted by atomic mass is 10.1. The van der Waals surface area contributed by atoms with E-state index in [1.807, 2.05) is 18.2 Å². The summed E-state index contributed by atoms with van der Waals surface area (Å²) in [5, 5.41) is 2.82. The Bertz CT molecular complexity index is 994. The van der Waals surface area contributed by atoms with E-state index in [0.29, 0.717) is 24.7 Å². The average molecular weight is 406 g/mol. The van der Waals surface area contributed by atoms with Gasteiger partial charge >= 0.3 is 0 Å². The zero-order chi connectivity index (χ0) is 20.9. The number of aromatic nitrogens is 2. The van der Waals surface area contributed by atoms with Gasteiger partial charge in [0.05, 0.1) is 18.8 Å². The molecular formula is C23H27N5O2. The van der Waals surface area contributed by atoms with Crippen molar-refractivity contribution in [1.82, 2.24) is 20.2 Å². The Morgan fingerprint density at radius 1 is 1.10 bits per heavy atom. The van der Waals surface area contributed by atoms with E-state index in [0.717, 1.165) is 31.9 Å². The number of carbonyl (C=O) groups is 1. The van der Waals surface area contributed by atoms with Crippen LogP contribution in [0.1, 0.15) is 33.2 Å². The van der Waals surface area contributed by atoms with Gasteiger partial charge < -0.3 is 14.6 Å². The Balaban J connectivity index is 1.28. The molecular weight excluding hydrogens is 378 g/mol. The molecule has 3 heterocycles. The van der Waals surface area contributed by atoms with Crippen LogP contribution in [0.4, 0.5) is 5.69 Å². The Labute approximate surface area is 176 Å². The second kappa shape index (κ2) is 9.09. The van der Waals surface area contributed by atoms with Crippen molar-refractivity contribution in [2.45, 2.75) is 26.9 Å². The van der Waals surface area contributed by atoms with Crippen molar-refractivity contribution in [2.75, 3.05) is 31.1 Å². The summed E-state index contributed by atoms with van der Waals surface area (Å²) >= 11 is 0.